The molecule has 2 aliphatic carbocycles. The zero-order valence-corrected chi connectivity index (χ0v) is 11.7. The number of carbonyl (C=O) groups excluding carboxylic acids is 2. The third kappa shape index (κ3) is 2.82. The molecule has 0 aromatic carbocycles. The van der Waals surface area contributed by atoms with Gasteiger partial charge in [-0.3, -0.25) is 4.79 Å². The van der Waals surface area contributed by atoms with Gasteiger partial charge in [0.2, 0.25) is 0 Å². The van der Waals surface area contributed by atoms with Crippen molar-refractivity contribution in [1.29, 1.82) is 0 Å². The molecule has 4 nitrogen and oxygen atoms in total. The number of methoxy groups -OCH3 is 1. The number of rotatable bonds is 2. The average molecular weight is 266 g/mol. The highest BCUT2D eigenvalue weighted by atomic mass is 16.5. The van der Waals surface area contributed by atoms with Crippen LogP contribution in [0.3, 0.4) is 0 Å². The van der Waals surface area contributed by atoms with Gasteiger partial charge in [-0.25, -0.2) is 4.79 Å². The summed E-state index contributed by atoms with van der Waals surface area (Å²) in [4.78, 5) is 22.8. The van der Waals surface area contributed by atoms with Crippen molar-refractivity contribution in [1.82, 2.24) is 0 Å². The lowest BCUT2D eigenvalue weighted by Crippen LogP contribution is -2.36. The summed E-state index contributed by atoms with van der Waals surface area (Å²) in [6, 6.07) is 0. The SMILES string of the molecule is COC(=O)C=C1CCC(OC(C)=O)C12CCCCC2. The number of hydrogen-bond acceptors (Lipinski definition) is 4. The van der Waals surface area contributed by atoms with E-state index in [9.17, 15) is 9.59 Å². The summed E-state index contributed by atoms with van der Waals surface area (Å²) in [6.45, 7) is 1.46. The molecule has 0 amide bonds. The van der Waals surface area contributed by atoms with Gasteiger partial charge in [-0.05, 0) is 25.7 Å². The molecule has 1 unspecified atom stereocenters. The third-order valence-electron chi connectivity index (χ3n) is 4.48. The maximum atomic E-state index is 11.5. The Bertz CT molecular complexity index is 391. The molecule has 2 rings (SSSR count). The Morgan fingerprint density at radius 3 is 2.53 bits per heavy atom. The number of esters is 2. The molecule has 0 aliphatic heterocycles. The van der Waals surface area contributed by atoms with Gasteiger partial charge in [0.15, 0.2) is 0 Å². The Balaban J connectivity index is 2.27. The second kappa shape index (κ2) is 5.76. The van der Waals surface area contributed by atoms with E-state index >= 15 is 0 Å². The number of ether oxygens (including phenoxy) is 2. The van der Waals surface area contributed by atoms with Gasteiger partial charge in [-0.15, -0.1) is 0 Å². The maximum absolute atomic E-state index is 11.5. The van der Waals surface area contributed by atoms with Crippen molar-refractivity contribution < 1.29 is 19.1 Å². The van der Waals surface area contributed by atoms with Crippen molar-refractivity contribution in [3.05, 3.63) is 11.6 Å². The van der Waals surface area contributed by atoms with Crippen LogP contribution in [0.25, 0.3) is 0 Å². The molecule has 0 saturated heterocycles. The van der Waals surface area contributed by atoms with Crippen LogP contribution in [0.5, 0.6) is 0 Å². The van der Waals surface area contributed by atoms with Crippen LogP contribution in [0.15, 0.2) is 11.6 Å². The second-order valence-corrected chi connectivity index (χ2v) is 5.55. The Morgan fingerprint density at radius 2 is 1.95 bits per heavy atom. The molecule has 4 heteroatoms. The summed E-state index contributed by atoms with van der Waals surface area (Å²) >= 11 is 0. The fraction of sp³-hybridized carbons (Fsp3) is 0.733. The van der Waals surface area contributed by atoms with Crippen molar-refractivity contribution in [2.75, 3.05) is 7.11 Å². The van der Waals surface area contributed by atoms with Gasteiger partial charge in [0, 0.05) is 18.4 Å². The largest absolute Gasteiger partial charge is 0.466 e. The normalized spacial score (nSPS) is 27.5. The molecule has 0 radical (unpaired) electrons. The minimum Gasteiger partial charge on any atom is -0.466 e. The van der Waals surface area contributed by atoms with Crippen molar-refractivity contribution in [2.45, 2.75) is 58.0 Å². The molecule has 0 aromatic heterocycles. The van der Waals surface area contributed by atoms with Crippen molar-refractivity contribution >= 4 is 11.9 Å². The molecule has 2 fully saturated rings. The summed E-state index contributed by atoms with van der Waals surface area (Å²) in [7, 11) is 1.39. The number of carbonyl (C=O) groups is 2. The van der Waals surface area contributed by atoms with Crippen LogP contribution >= 0.6 is 0 Å². The Hall–Kier alpha value is -1.32. The van der Waals surface area contributed by atoms with Crippen LogP contribution in [0.2, 0.25) is 0 Å². The Kier molecular flexibility index (Phi) is 4.27. The van der Waals surface area contributed by atoms with E-state index in [2.05, 4.69) is 0 Å². The molecule has 0 aromatic rings. The molecule has 2 saturated carbocycles. The maximum Gasteiger partial charge on any atom is 0.330 e. The highest BCUT2D eigenvalue weighted by Crippen LogP contribution is 2.53. The quantitative estimate of drug-likeness (QED) is 0.569. The first-order valence-electron chi connectivity index (χ1n) is 7.05. The van der Waals surface area contributed by atoms with E-state index in [4.69, 9.17) is 9.47 Å². The van der Waals surface area contributed by atoms with Crippen LogP contribution < -0.4 is 0 Å². The molecular formula is C15H22O4. The van der Waals surface area contributed by atoms with Gasteiger partial charge in [0.1, 0.15) is 6.10 Å². The summed E-state index contributed by atoms with van der Waals surface area (Å²) in [5.74, 6) is -0.530. The van der Waals surface area contributed by atoms with Crippen molar-refractivity contribution in [3.63, 3.8) is 0 Å². The fourth-order valence-corrected chi connectivity index (χ4v) is 3.63. The van der Waals surface area contributed by atoms with Crippen LogP contribution in [0.4, 0.5) is 0 Å². The van der Waals surface area contributed by atoms with Crippen LogP contribution in [0, 0.1) is 5.41 Å². The molecule has 0 heterocycles. The highest BCUT2D eigenvalue weighted by molar-refractivity contribution is 5.83. The van der Waals surface area contributed by atoms with Gasteiger partial charge in [-0.1, -0.05) is 24.8 Å². The molecular weight excluding hydrogens is 244 g/mol. The lowest BCUT2D eigenvalue weighted by molar-refractivity contribution is -0.152. The molecule has 0 N–H and O–H groups in total. The van der Waals surface area contributed by atoms with E-state index in [1.165, 1.54) is 20.5 Å². The van der Waals surface area contributed by atoms with Crippen LogP contribution in [0.1, 0.15) is 51.9 Å². The Labute approximate surface area is 114 Å². The summed E-state index contributed by atoms with van der Waals surface area (Å²) in [5.41, 5.74) is 1.00. The van der Waals surface area contributed by atoms with E-state index < -0.39 is 0 Å². The highest BCUT2D eigenvalue weighted by Gasteiger charge is 2.49. The van der Waals surface area contributed by atoms with Crippen molar-refractivity contribution in [3.8, 4) is 0 Å². The van der Waals surface area contributed by atoms with E-state index in [1.54, 1.807) is 6.08 Å². The minimum absolute atomic E-state index is 0.0683. The third-order valence-corrected chi connectivity index (χ3v) is 4.48. The summed E-state index contributed by atoms with van der Waals surface area (Å²) in [5, 5.41) is 0. The smallest absolute Gasteiger partial charge is 0.330 e. The zero-order valence-electron chi connectivity index (χ0n) is 11.7. The van der Waals surface area contributed by atoms with E-state index in [1.807, 2.05) is 0 Å². The topological polar surface area (TPSA) is 52.6 Å². The lowest BCUT2D eigenvalue weighted by atomic mass is 9.69. The first kappa shape index (κ1) is 14.1. The molecule has 2 aliphatic rings. The van der Waals surface area contributed by atoms with Crippen molar-refractivity contribution in [2.24, 2.45) is 5.41 Å². The summed E-state index contributed by atoms with van der Waals surface area (Å²) in [6.07, 6.45) is 8.71. The molecule has 106 valence electrons. The van der Waals surface area contributed by atoms with Crippen LogP contribution in [-0.4, -0.2) is 25.2 Å². The van der Waals surface area contributed by atoms with E-state index in [-0.39, 0.29) is 23.5 Å². The standard InChI is InChI=1S/C15H22O4/c1-11(16)19-13-7-6-12(10-14(17)18-2)15(13)8-4-3-5-9-15/h10,13H,3-9H2,1-2H3. The molecule has 19 heavy (non-hydrogen) atoms. The minimum atomic E-state index is -0.302. The molecule has 1 spiro atoms. The van der Waals surface area contributed by atoms with E-state index in [0.29, 0.717) is 0 Å². The predicted octanol–water partition coefficient (Wildman–Crippen LogP) is 2.76. The van der Waals surface area contributed by atoms with Gasteiger partial charge in [-0.2, -0.15) is 0 Å². The fourth-order valence-electron chi connectivity index (χ4n) is 3.63. The van der Waals surface area contributed by atoms with Gasteiger partial charge in [0.25, 0.3) is 0 Å². The van der Waals surface area contributed by atoms with Gasteiger partial charge >= 0.3 is 11.9 Å². The summed E-state index contributed by atoms with van der Waals surface area (Å²) < 4.78 is 10.3. The average Bonchev–Trinajstić information content (AvgIpc) is 2.69. The zero-order chi connectivity index (χ0) is 13.9. The second-order valence-electron chi connectivity index (χ2n) is 5.55. The molecule has 0 bridgehead atoms. The first-order valence-corrected chi connectivity index (χ1v) is 7.05. The molecule has 1 atom stereocenters. The van der Waals surface area contributed by atoms with Gasteiger partial charge < -0.3 is 9.47 Å². The van der Waals surface area contributed by atoms with Crippen LogP contribution in [-0.2, 0) is 19.1 Å². The first-order chi connectivity index (χ1) is 9.08. The number of hydrogen-bond donors (Lipinski definition) is 0. The lowest BCUT2D eigenvalue weighted by Gasteiger charge is -2.39. The predicted molar refractivity (Wildman–Crippen MR) is 70.4 cm³/mol. The Morgan fingerprint density at radius 1 is 1.26 bits per heavy atom. The van der Waals surface area contributed by atoms with Gasteiger partial charge in [0.05, 0.1) is 7.11 Å². The van der Waals surface area contributed by atoms with E-state index in [0.717, 1.165) is 44.1 Å². The monoisotopic (exact) mass is 266 g/mol.